The van der Waals surface area contributed by atoms with Gasteiger partial charge in [-0.1, -0.05) is 127 Å². The van der Waals surface area contributed by atoms with Crippen LogP contribution < -0.4 is 19.3 Å². The topological polar surface area (TPSA) is 24.9 Å². The first-order chi connectivity index (χ1) is 26.3. The molecule has 0 amide bonds. The van der Waals surface area contributed by atoms with E-state index in [0.717, 1.165) is 79.4 Å². The Morgan fingerprint density at radius 3 is 1.26 bits per heavy atom. The van der Waals surface area contributed by atoms with Gasteiger partial charge in [-0.05, 0) is 72.8 Å². The predicted molar refractivity (Wildman–Crippen MR) is 214 cm³/mol. The van der Waals surface area contributed by atoms with Crippen LogP contribution in [-0.4, -0.2) is 0 Å². The SMILES string of the molecule is c1ccc(N(c2ccccc2)c2ccc3c(c2)Oc2c(N(c4ccccc4)c4ccccc4)cccc2C32c3ccccc3Oc3ccccc32)cc1. The van der Waals surface area contributed by atoms with Crippen LogP contribution in [0.5, 0.6) is 23.0 Å². The fourth-order valence-electron chi connectivity index (χ4n) is 8.16. The van der Waals surface area contributed by atoms with Gasteiger partial charge in [0.2, 0.25) is 0 Å². The molecule has 0 radical (unpaired) electrons. The van der Waals surface area contributed by atoms with Gasteiger partial charge in [-0.2, -0.15) is 0 Å². The van der Waals surface area contributed by atoms with Gasteiger partial charge in [0.25, 0.3) is 0 Å². The molecular formula is C49H34N2O2. The number of anilines is 6. The molecule has 10 rings (SSSR count). The Balaban J connectivity index is 1.29. The zero-order valence-electron chi connectivity index (χ0n) is 28.8. The molecule has 0 saturated heterocycles. The molecule has 0 N–H and O–H groups in total. The quantitative estimate of drug-likeness (QED) is 0.174. The largest absolute Gasteiger partial charge is 0.457 e. The Kier molecular flexibility index (Phi) is 7.33. The molecule has 8 aromatic carbocycles. The van der Waals surface area contributed by atoms with Gasteiger partial charge in [0.05, 0.1) is 11.1 Å². The van der Waals surface area contributed by atoms with E-state index < -0.39 is 5.41 Å². The Morgan fingerprint density at radius 1 is 0.302 bits per heavy atom. The van der Waals surface area contributed by atoms with E-state index in [-0.39, 0.29) is 0 Å². The molecule has 0 aliphatic carbocycles. The number of fused-ring (bicyclic) bond motifs is 8. The van der Waals surface area contributed by atoms with E-state index in [2.05, 4.69) is 204 Å². The number of hydrogen-bond donors (Lipinski definition) is 0. The number of rotatable bonds is 6. The van der Waals surface area contributed by atoms with Crippen LogP contribution in [0.1, 0.15) is 22.3 Å². The molecule has 1 spiro atoms. The second-order valence-corrected chi connectivity index (χ2v) is 13.3. The normalized spacial score (nSPS) is 13.0. The van der Waals surface area contributed by atoms with E-state index in [0.29, 0.717) is 0 Å². The highest BCUT2D eigenvalue weighted by Crippen LogP contribution is 2.63. The van der Waals surface area contributed by atoms with Crippen LogP contribution in [0.4, 0.5) is 34.1 Å². The third-order valence-electron chi connectivity index (χ3n) is 10.3. The number of nitrogens with zero attached hydrogens (tertiary/aromatic N) is 2. The number of benzene rings is 8. The lowest BCUT2D eigenvalue weighted by molar-refractivity contribution is 0.400. The van der Waals surface area contributed by atoms with E-state index in [9.17, 15) is 0 Å². The highest BCUT2D eigenvalue weighted by Gasteiger charge is 2.51. The highest BCUT2D eigenvalue weighted by atomic mass is 16.5. The first-order valence-electron chi connectivity index (χ1n) is 17.9. The van der Waals surface area contributed by atoms with E-state index in [1.165, 1.54) is 0 Å². The van der Waals surface area contributed by atoms with Crippen LogP contribution in [0.25, 0.3) is 0 Å². The molecule has 0 bridgehead atoms. The molecule has 4 nitrogen and oxygen atoms in total. The second-order valence-electron chi connectivity index (χ2n) is 13.3. The van der Waals surface area contributed by atoms with Gasteiger partial charge < -0.3 is 19.3 Å². The molecular weight excluding hydrogens is 649 g/mol. The summed E-state index contributed by atoms with van der Waals surface area (Å²) < 4.78 is 14.0. The minimum atomic E-state index is -0.744. The summed E-state index contributed by atoms with van der Waals surface area (Å²) in [6, 6.07) is 72.1. The zero-order chi connectivity index (χ0) is 35.2. The molecule has 53 heavy (non-hydrogen) atoms. The third kappa shape index (κ3) is 4.91. The van der Waals surface area contributed by atoms with Crippen molar-refractivity contribution in [2.75, 3.05) is 9.80 Å². The van der Waals surface area contributed by atoms with Crippen molar-refractivity contribution in [3.05, 3.63) is 229 Å². The monoisotopic (exact) mass is 682 g/mol. The average molecular weight is 683 g/mol. The Morgan fingerprint density at radius 2 is 0.736 bits per heavy atom. The van der Waals surface area contributed by atoms with Crippen LogP contribution in [0.2, 0.25) is 0 Å². The van der Waals surface area contributed by atoms with E-state index in [1.807, 2.05) is 12.1 Å². The molecule has 2 heterocycles. The molecule has 0 saturated carbocycles. The van der Waals surface area contributed by atoms with Crippen LogP contribution in [0.3, 0.4) is 0 Å². The number of hydrogen-bond acceptors (Lipinski definition) is 4. The van der Waals surface area contributed by atoms with Crippen LogP contribution in [0, 0.1) is 0 Å². The summed E-state index contributed by atoms with van der Waals surface area (Å²) in [5.41, 5.74) is 9.65. The first-order valence-corrected chi connectivity index (χ1v) is 17.9. The standard InChI is InChI=1S/C49H34N2O2/c1-5-18-35(19-6-1)50(36-20-7-2-8-21-36)39-32-33-42-47(34-39)53-48-43(49(42)40-26-13-15-30-45(40)52-46-31-16-14-27-41(46)49)28-17-29-44(48)51(37-22-9-3-10-23-37)38-24-11-4-12-25-38/h1-34H. The lowest BCUT2D eigenvalue weighted by Crippen LogP contribution is -2.37. The van der Waals surface area contributed by atoms with Crippen LogP contribution in [0.15, 0.2) is 206 Å². The van der Waals surface area contributed by atoms with Gasteiger partial charge in [0, 0.05) is 56.8 Å². The predicted octanol–water partition coefficient (Wildman–Crippen LogP) is 13.2. The highest BCUT2D eigenvalue weighted by molar-refractivity contribution is 5.87. The summed E-state index contributed by atoms with van der Waals surface area (Å²) in [6.45, 7) is 0. The van der Waals surface area contributed by atoms with Crippen molar-refractivity contribution in [2.45, 2.75) is 5.41 Å². The van der Waals surface area contributed by atoms with Crippen molar-refractivity contribution in [1.82, 2.24) is 0 Å². The summed E-state index contributed by atoms with van der Waals surface area (Å²) >= 11 is 0. The van der Waals surface area contributed by atoms with Gasteiger partial charge in [0.15, 0.2) is 5.75 Å². The maximum atomic E-state index is 7.34. The lowest BCUT2D eigenvalue weighted by atomic mass is 9.62. The third-order valence-corrected chi connectivity index (χ3v) is 10.3. The van der Waals surface area contributed by atoms with Gasteiger partial charge in [-0.15, -0.1) is 0 Å². The molecule has 0 atom stereocenters. The maximum absolute atomic E-state index is 7.34. The van der Waals surface area contributed by atoms with Crippen molar-refractivity contribution in [2.24, 2.45) is 0 Å². The molecule has 8 aromatic rings. The van der Waals surface area contributed by atoms with E-state index in [1.54, 1.807) is 0 Å². The Labute approximate surface area is 309 Å². The summed E-state index contributed by atoms with van der Waals surface area (Å²) in [5.74, 6) is 3.24. The number of para-hydroxylation sites is 7. The molecule has 2 aliphatic heterocycles. The fraction of sp³-hybridized carbons (Fsp3) is 0.0204. The first kappa shape index (κ1) is 30.8. The molecule has 252 valence electrons. The van der Waals surface area contributed by atoms with Crippen LogP contribution in [-0.2, 0) is 5.41 Å². The van der Waals surface area contributed by atoms with E-state index in [4.69, 9.17) is 9.47 Å². The van der Waals surface area contributed by atoms with Crippen molar-refractivity contribution in [3.63, 3.8) is 0 Å². The lowest BCUT2D eigenvalue weighted by Gasteiger charge is -2.46. The van der Waals surface area contributed by atoms with Crippen molar-refractivity contribution in [3.8, 4) is 23.0 Å². The summed E-state index contributed by atoms with van der Waals surface area (Å²) in [4.78, 5) is 4.57. The second kappa shape index (κ2) is 12.6. The Bertz CT molecular complexity index is 2450. The van der Waals surface area contributed by atoms with E-state index >= 15 is 0 Å². The zero-order valence-corrected chi connectivity index (χ0v) is 28.8. The number of ether oxygens (including phenoxy) is 2. The average Bonchev–Trinajstić information content (AvgIpc) is 3.23. The van der Waals surface area contributed by atoms with Gasteiger partial charge in [-0.3, -0.25) is 0 Å². The smallest absolute Gasteiger partial charge is 0.156 e. The maximum Gasteiger partial charge on any atom is 0.156 e. The molecule has 0 unspecified atom stereocenters. The summed E-state index contributed by atoms with van der Waals surface area (Å²) in [6.07, 6.45) is 0. The molecule has 0 aromatic heterocycles. The summed E-state index contributed by atoms with van der Waals surface area (Å²) in [5, 5.41) is 0. The summed E-state index contributed by atoms with van der Waals surface area (Å²) in [7, 11) is 0. The van der Waals surface area contributed by atoms with Crippen molar-refractivity contribution in [1.29, 1.82) is 0 Å². The van der Waals surface area contributed by atoms with Crippen LogP contribution >= 0.6 is 0 Å². The molecule has 2 aliphatic rings. The van der Waals surface area contributed by atoms with Gasteiger partial charge in [0.1, 0.15) is 17.2 Å². The van der Waals surface area contributed by atoms with Crippen molar-refractivity contribution >= 4 is 34.1 Å². The fourth-order valence-corrected chi connectivity index (χ4v) is 8.16. The molecule has 0 fully saturated rings. The Hall–Kier alpha value is -7.04. The van der Waals surface area contributed by atoms with Gasteiger partial charge >= 0.3 is 0 Å². The van der Waals surface area contributed by atoms with Crippen molar-refractivity contribution < 1.29 is 9.47 Å². The van der Waals surface area contributed by atoms with Gasteiger partial charge in [-0.25, -0.2) is 0 Å². The minimum absolute atomic E-state index is 0.744. The minimum Gasteiger partial charge on any atom is -0.457 e. The molecule has 4 heteroatoms.